The molecule has 0 saturated carbocycles. The van der Waals surface area contributed by atoms with Gasteiger partial charge in [0.2, 0.25) is 0 Å². The van der Waals surface area contributed by atoms with Crippen LogP contribution in [0.1, 0.15) is 5.82 Å². The molecule has 0 spiro atoms. The molecule has 84 valence electrons. The number of thioether (sulfide) groups is 1. The van der Waals surface area contributed by atoms with E-state index in [0.29, 0.717) is 17.1 Å². The fourth-order valence-corrected chi connectivity index (χ4v) is 1.65. The minimum Gasteiger partial charge on any atom is -0.508 e. The Morgan fingerprint density at radius 1 is 1.25 bits per heavy atom. The lowest BCUT2D eigenvalue weighted by molar-refractivity contribution is 0.422. The zero-order valence-electron chi connectivity index (χ0n) is 8.54. The third kappa shape index (κ3) is 2.27. The van der Waals surface area contributed by atoms with Gasteiger partial charge in [-0.1, -0.05) is 5.16 Å². The number of benzene rings is 1. The summed E-state index contributed by atoms with van der Waals surface area (Å²) >= 11 is 1.59. The van der Waals surface area contributed by atoms with Crippen LogP contribution in [0, 0.1) is 0 Å². The smallest absolute Gasteiger partial charge is 0.258 e. The second-order valence-electron chi connectivity index (χ2n) is 3.19. The van der Waals surface area contributed by atoms with Crippen LogP contribution in [-0.4, -0.2) is 26.6 Å². The highest BCUT2D eigenvalue weighted by Crippen LogP contribution is 2.27. The number of aromatic nitrogens is 2. The highest BCUT2D eigenvalue weighted by Gasteiger charge is 2.10. The topological polar surface area (TPSA) is 79.4 Å². The van der Waals surface area contributed by atoms with Crippen LogP contribution in [0.3, 0.4) is 0 Å². The maximum Gasteiger partial charge on any atom is 0.258 e. The van der Waals surface area contributed by atoms with Crippen LogP contribution >= 0.6 is 11.8 Å². The van der Waals surface area contributed by atoms with Gasteiger partial charge in [-0.05, 0) is 18.4 Å². The number of hydrogen-bond donors (Lipinski definition) is 2. The molecule has 0 radical (unpaired) electrons. The first kappa shape index (κ1) is 10.8. The third-order valence-corrected chi connectivity index (χ3v) is 2.44. The summed E-state index contributed by atoms with van der Waals surface area (Å²) in [5, 5.41) is 22.4. The molecule has 2 rings (SSSR count). The van der Waals surface area contributed by atoms with E-state index in [1.165, 1.54) is 18.2 Å². The van der Waals surface area contributed by atoms with Gasteiger partial charge in [0.05, 0.1) is 5.75 Å². The van der Waals surface area contributed by atoms with E-state index in [2.05, 4.69) is 10.1 Å². The summed E-state index contributed by atoms with van der Waals surface area (Å²) in [5.41, 5.74) is 0.498. The maximum atomic E-state index is 9.31. The van der Waals surface area contributed by atoms with Crippen molar-refractivity contribution in [1.82, 2.24) is 10.1 Å². The predicted octanol–water partition coefficient (Wildman–Crippen LogP) is 2.01. The standard InChI is InChI=1S/C10H10N2O3S/c1-16-5-9-11-10(15-12-9)6-2-7(13)4-8(14)3-6/h2-4,13-14H,5H2,1H3. The molecule has 6 heteroatoms. The fraction of sp³-hybridized carbons (Fsp3) is 0.200. The molecule has 2 N–H and O–H groups in total. The van der Waals surface area contributed by atoms with E-state index in [1.807, 2.05) is 6.26 Å². The van der Waals surface area contributed by atoms with Gasteiger partial charge in [-0.3, -0.25) is 0 Å². The monoisotopic (exact) mass is 238 g/mol. The average molecular weight is 238 g/mol. The molecule has 0 aliphatic heterocycles. The molecular formula is C10H10N2O3S. The Kier molecular flexibility index (Phi) is 3.00. The van der Waals surface area contributed by atoms with E-state index in [1.54, 1.807) is 11.8 Å². The van der Waals surface area contributed by atoms with E-state index in [4.69, 9.17) is 4.52 Å². The fourth-order valence-electron chi connectivity index (χ4n) is 1.28. The third-order valence-electron chi connectivity index (χ3n) is 1.89. The Labute approximate surface area is 96.1 Å². The van der Waals surface area contributed by atoms with Gasteiger partial charge in [-0.15, -0.1) is 0 Å². The summed E-state index contributed by atoms with van der Waals surface area (Å²) in [6.07, 6.45) is 1.94. The van der Waals surface area contributed by atoms with E-state index in [0.717, 1.165) is 0 Å². The molecule has 5 nitrogen and oxygen atoms in total. The van der Waals surface area contributed by atoms with Crippen LogP contribution in [0.15, 0.2) is 22.7 Å². The molecule has 1 aromatic heterocycles. The van der Waals surface area contributed by atoms with E-state index < -0.39 is 0 Å². The Hall–Kier alpha value is -1.69. The van der Waals surface area contributed by atoms with Gasteiger partial charge in [0.15, 0.2) is 5.82 Å². The zero-order chi connectivity index (χ0) is 11.5. The Bertz CT molecular complexity index is 478. The van der Waals surface area contributed by atoms with Crippen molar-refractivity contribution in [3.8, 4) is 23.0 Å². The number of phenolic OH excluding ortho intramolecular Hbond substituents is 2. The molecule has 0 aliphatic rings. The molecule has 0 fully saturated rings. The first-order valence-electron chi connectivity index (χ1n) is 4.54. The second-order valence-corrected chi connectivity index (χ2v) is 4.05. The predicted molar refractivity (Wildman–Crippen MR) is 60.3 cm³/mol. The van der Waals surface area contributed by atoms with Gasteiger partial charge in [0.1, 0.15) is 11.5 Å². The van der Waals surface area contributed by atoms with E-state index in [9.17, 15) is 10.2 Å². The molecule has 0 atom stereocenters. The summed E-state index contributed by atoms with van der Waals surface area (Å²) < 4.78 is 5.02. The second kappa shape index (κ2) is 4.44. The van der Waals surface area contributed by atoms with Gasteiger partial charge < -0.3 is 14.7 Å². The lowest BCUT2D eigenvalue weighted by Gasteiger charge is -1.97. The highest BCUT2D eigenvalue weighted by molar-refractivity contribution is 7.97. The minimum atomic E-state index is -0.0420. The van der Waals surface area contributed by atoms with Crippen molar-refractivity contribution in [2.75, 3.05) is 6.26 Å². The molecule has 0 unspecified atom stereocenters. The first-order valence-corrected chi connectivity index (χ1v) is 5.93. The molecule has 0 aliphatic carbocycles. The van der Waals surface area contributed by atoms with E-state index in [-0.39, 0.29) is 17.4 Å². The molecule has 1 aromatic carbocycles. The van der Waals surface area contributed by atoms with Crippen LogP contribution in [0.4, 0.5) is 0 Å². The molecule has 2 aromatic rings. The Morgan fingerprint density at radius 3 is 2.56 bits per heavy atom. The van der Waals surface area contributed by atoms with Crippen LogP contribution in [0.2, 0.25) is 0 Å². The van der Waals surface area contributed by atoms with Gasteiger partial charge in [0.25, 0.3) is 5.89 Å². The SMILES string of the molecule is CSCc1noc(-c2cc(O)cc(O)c2)n1. The van der Waals surface area contributed by atoms with Crippen LogP contribution in [0.25, 0.3) is 11.5 Å². The zero-order valence-corrected chi connectivity index (χ0v) is 9.36. The van der Waals surface area contributed by atoms with Gasteiger partial charge >= 0.3 is 0 Å². The number of phenols is 2. The first-order chi connectivity index (χ1) is 7.69. The number of aromatic hydroxyl groups is 2. The normalized spacial score (nSPS) is 10.6. The highest BCUT2D eigenvalue weighted by atomic mass is 32.2. The Balaban J connectivity index is 2.34. The summed E-state index contributed by atoms with van der Waals surface area (Å²) in [6, 6.07) is 4.15. The Morgan fingerprint density at radius 2 is 1.94 bits per heavy atom. The molecule has 1 heterocycles. The summed E-state index contributed by atoms with van der Waals surface area (Å²) in [6.45, 7) is 0. The quantitative estimate of drug-likeness (QED) is 0.851. The molecular weight excluding hydrogens is 228 g/mol. The van der Waals surface area contributed by atoms with Crippen LogP contribution in [0.5, 0.6) is 11.5 Å². The van der Waals surface area contributed by atoms with Crippen LogP contribution < -0.4 is 0 Å². The van der Waals surface area contributed by atoms with Gasteiger partial charge in [-0.25, -0.2) is 0 Å². The average Bonchev–Trinajstić information content (AvgIpc) is 2.65. The summed E-state index contributed by atoms with van der Waals surface area (Å²) in [4.78, 5) is 4.13. The lowest BCUT2D eigenvalue weighted by atomic mass is 10.2. The summed E-state index contributed by atoms with van der Waals surface area (Å²) in [5.74, 6) is 1.45. The van der Waals surface area contributed by atoms with Crippen molar-refractivity contribution in [3.63, 3.8) is 0 Å². The molecule has 0 saturated heterocycles. The maximum absolute atomic E-state index is 9.31. The van der Waals surface area contributed by atoms with Crippen molar-refractivity contribution in [2.24, 2.45) is 0 Å². The molecule has 0 amide bonds. The van der Waals surface area contributed by atoms with Crippen molar-refractivity contribution in [1.29, 1.82) is 0 Å². The molecule has 16 heavy (non-hydrogen) atoms. The van der Waals surface area contributed by atoms with Crippen molar-refractivity contribution in [2.45, 2.75) is 5.75 Å². The lowest BCUT2D eigenvalue weighted by Crippen LogP contribution is -1.82. The minimum absolute atomic E-state index is 0.0420. The number of rotatable bonds is 3. The van der Waals surface area contributed by atoms with Crippen LogP contribution in [-0.2, 0) is 5.75 Å². The van der Waals surface area contributed by atoms with Crippen molar-refractivity contribution in [3.05, 3.63) is 24.0 Å². The summed E-state index contributed by atoms with van der Waals surface area (Å²) in [7, 11) is 0. The van der Waals surface area contributed by atoms with Crippen molar-refractivity contribution < 1.29 is 14.7 Å². The van der Waals surface area contributed by atoms with E-state index >= 15 is 0 Å². The number of nitrogens with zero attached hydrogens (tertiary/aromatic N) is 2. The van der Waals surface area contributed by atoms with Gasteiger partial charge in [0, 0.05) is 11.6 Å². The molecule has 0 bridgehead atoms. The van der Waals surface area contributed by atoms with Crippen molar-refractivity contribution >= 4 is 11.8 Å². The van der Waals surface area contributed by atoms with Gasteiger partial charge in [-0.2, -0.15) is 16.7 Å². The number of hydrogen-bond acceptors (Lipinski definition) is 6. The largest absolute Gasteiger partial charge is 0.508 e.